The maximum Gasteiger partial charge on any atom is 0.224 e. The number of ether oxygens (including phenoxy) is 2. The summed E-state index contributed by atoms with van der Waals surface area (Å²) in [5.74, 6) is 0.236. The van der Waals surface area contributed by atoms with Gasteiger partial charge in [0.2, 0.25) is 5.91 Å². The van der Waals surface area contributed by atoms with Crippen molar-refractivity contribution in [2.75, 3.05) is 47.6 Å². The Morgan fingerprint density at radius 1 is 1.10 bits per heavy atom. The summed E-state index contributed by atoms with van der Waals surface area (Å²) in [6.45, 7) is 2.69. The summed E-state index contributed by atoms with van der Waals surface area (Å²) < 4.78 is 10.2. The summed E-state index contributed by atoms with van der Waals surface area (Å²) in [7, 11) is 5.36. The van der Waals surface area contributed by atoms with E-state index >= 15 is 0 Å². The number of methoxy groups -OCH3 is 2. The van der Waals surface area contributed by atoms with Gasteiger partial charge in [-0.2, -0.15) is 0 Å². The van der Waals surface area contributed by atoms with Crippen molar-refractivity contribution in [3.05, 3.63) is 0 Å². The third kappa shape index (κ3) is 6.32. The van der Waals surface area contributed by atoms with Gasteiger partial charge in [0.05, 0.1) is 6.61 Å². The Balaban J connectivity index is 2.55. The zero-order valence-electron chi connectivity index (χ0n) is 14.0. The fourth-order valence-corrected chi connectivity index (χ4v) is 3.11. The van der Waals surface area contributed by atoms with Gasteiger partial charge in [-0.1, -0.05) is 19.3 Å². The first-order chi connectivity index (χ1) is 10.2. The lowest BCUT2D eigenvalue weighted by molar-refractivity contribution is -0.134. The van der Waals surface area contributed by atoms with Crippen LogP contribution in [0.15, 0.2) is 0 Å². The first kappa shape index (κ1) is 18.4. The molecule has 0 aliphatic heterocycles. The quantitative estimate of drug-likeness (QED) is 0.625. The Morgan fingerprint density at radius 2 is 1.76 bits per heavy atom. The monoisotopic (exact) mass is 300 g/mol. The van der Waals surface area contributed by atoms with Gasteiger partial charge in [-0.25, -0.2) is 0 Å². The van der Waals surface area contributed by atoms with E-state index in [-0.39, 0.29) is 11.4 Å². The van der Waals surface area contributed by atoms with E-state index in [1.54, 1.807) is 14.2 Å². The summed E-state index contributed by atoms with van der Waals surface area (Å²) in [5, 5.41) is 3.42. The molecule has 0 saturated heterocycles. The van der Waals surface area contributed by atoms with Gasteiger partial charge in [0, 0.05) is 45.9 Å². The molecule has 0 aromatic rings. The molecule has 0 atom stereocenters. The molecule has 0 spiro atoms. The minimum absolute atomic E-state index is 0.00190. The first-order valence-corrected chi connectivity index (χ1v) is 8.12. The number of rotatable bonds is 10. The van der Waals surface area contributed by atoms with E-state index in [1.807, 2.05) is 11.9 Å². The highest BCUT2D eigenvalue weighted by Gasteiger charge is 2.33. The SMILES string of the molecule is CNC1(CC(=O)N(CCCOC)CCOC)CCCCC1. The second-order valence-electron chi connectivity index (χ2n) is 5.99. The highest BCUT2D eigenvalue weighted by atomic mass is 16.5. The van der Waals surface area contributed by atoms with Crippen LogP contribution in [-0.2, 0) is 14.3 Å². The number of amides is 1. The fraction of sp³-hybridized carbons (Fsp3) is 0.938. The lowest BCUT2D eigenvalue weighted by Crippen LogP contribution is -2.49. The van der Waals surface area contributed by atoms with Crippen LogP contribution in [0.3, 0.4) is 0 Å². The average Bonchev–Trinajstić information content (AvgIpc) is 2.51. The molecule has 0 radical (unpaired) electrons. The molecule has 5 nitrogen and oxygen atoms in total. The third-order valence-corrected chi connectivity index (χ3v) is 4.53. The van der Waals surface area contributed by atoms with Crippen LogP contribution in [0.1, 0.15) is 44.9 Å². The number of hydrogen-bond acceptors (Lipinski definition) is 4. The highest BCUT2D eigenvalue weighted by molar-refractivity contribution is 5.77. The van der Waals surface area contributed by atoms with Crippen molar-refractivity contribution in [3.63, 3.8) is 0 Å². The Hall–Kier alpha value is -0.650. The number of carbonyl (C=O) groups is 1. The highest BCUT2D eigenvalue weighted by Crippen LogP contribution is 2.31. The summed E-state index contributed by atoms with van der Waals surface area (Å²) in [4.78, 5) is 14.6. The maximum atomic E-state index is 12.7. The summed E-state index contributed by atoms with van der Waals surface area (Å²) in [6.07, 6.45) is 7.40. The predicted octanol–water partition coefficient (Wildman–Crippen LogP) is 1.81. The number of carbonyl (C=O) groups excluding carboxylic acids is 1. The number of nitrogens with one attached hydrogen (secondary N) is 1. The van der Waals surface area contributed by atoms with Crippen molar-refractivity contribution < 1.29 is 14.3 Å². The van der Waals surface area contributed by atoms with Gasteiger partial charge in [-0.15, -0.1) is 0 Å². The van der Waals surface area contributed by atoms with Crippen LogP contribution >= 0.6 is 0 Å². The zero-order valence-corrected chi connectivity index (χ0v) is 14.0. The van der Waals surface area contributed by atoms with Crippen molar-refractivity contribution in [2.24, 2.45) is 0 Å². The molecule has 0 heterocycles. The second kappa shape index (κ2) is 10.1. The Kier molecular flexibility index (Phi) is 8.88. The van der Waals surface area contributed by atoms with E-state index in [1.165, 1.54) is 19.3 Å². The van der Waals surface area contributed by atoms with E-state index in [2.05, 4.69) is 5.32 Å². The second-order valence-corrected chi connectivity index (χ2v) is 5.99. The van der Waals surface area contributed by atoms with E-state index in [9.17, 15) is 4.79 Å². The third-order valence-electron chi connectivity index (χ3n) is 4.53. The van der Waals surface area contributed by atoms with Crippen LogP contribution in [0.2, 0.25) is 0 Å². The maximum absolute atomic E-state index is 12.7. The molecule has 0 unspecified atom stereocenters. The Morgan fingerprint density at radius 3 is 2.33 bits per heavy atom. The average molecular weight is 300 g/mol. The normalized spacial score (nSPS) is 17.7. The minimum Gasteiger partial charge on any atom is -0.385 e. The standard InChI is InChI=1S/C16H32N2O3/c1-17-16(8-5-4-6-9-16)14-15(19)18(11-13-21-3)10-7-12-20-2/h17H,4-14H2,1-3H3. The van der Waals surface area contributed by atoms with Gasteiger partial charge in [0.1, 0.15) is 0 Å². The van der Waals surface area contributed by atoms with Crippen LogP contribution in [-0.4, -0.2) is 63.9 Å². The predicted molar refractivity (Wildman–Crippen MR) is 84.4 cm³/mol. The fourth-order valence-electron chi connectivity index (χ4n) is 3.11. The smallest absolute Gasteiger partial charge is 0.224 e. The largest absolute Gasteiger partial charge is 0.385 e. The van der Waals surface area contributed by atoms with Gasteiger partial charge < -0.3 is 19.7 Å². The van der Waals surface area contributed by atoms with Crippen LogP contribution in [0.25, 0.3) is 0 Å². The number of hydrogen-bond donors (Lipinski definition) is 1. The van der Waals surface area contributed by atoms with Crippen molar-refractivity contribution in [1.29, 1.82) is 0 Å². The van der Waals surface area contributed by atoms with Crippen LogP contribution < -0.4 is 5.32 Å². The van der Waals surface area contributed by atoms with E-state index < -0.39 is 0 Å². The van der Waals surface area contributed by atoms with Gasteiger partial charge in [0.15, 0.2) is 0 Å². The molecule has 1 saturated carbocycles. The van der Waals surface area contributed by atoms with Crippen LogP contribution in [0.4, 0.5) is 0 Å². The van der Waals surface area contributed by atoms with Gasteiger partial charge in [-0.3, -0.25) is 4.79 Å². The molecule has 0 aromatic carbocycles. The summed E-state index contributed by atoms with van der Waals surface area (Å²) in [6, 6.07) is 0. The molecular formula is C16H32N2O3. The lowest BCUT2D eigenvalue weighted by atomic mass is 9.79. The van der Waals surface area contributed by atoms with Crippen LogP contribution in [0.5, 0.6) is 0 Å². The molecule has 124 valence electrons. The molecule has 21 heavy (non-hydrogen) atoms. The molecule has 1 aliphatic rings. The van der Waals surface area contributed by atoms with E-state index in [0.29, 0.717) is 26.2 Å². The molecule has 1 rings (SSSR count). The Bertz CT molecular complexity index is 291. The van der Waals surface area contributed by atoms with Crippen LogP contribution in [0, 0.1) is 0 Å². The first-order valence-electron chi connectivity index (χ1n) is 8.12. The minimum atomic E-state index is 0.00190. The molecule has 0 aromatic heterocycles. The van der Waals surface area contributed by atoms with Gasteiger partial charge in [-0.05, 0) is 26.3 Å². The number of nitrogens with zero attached hydrogens (tertiary/aromatic N) is 1. The molecule has 1 amide bonds. The summed E-state index contributed by atoms with van der Waals surface area (Å²) >= 11 is 0. The molecule has 5 heteroatoms. The zero-order chi connectivity index (χ0) is 15.6. The van der Waals surface area contributed by atoms with Crippen molar-refractivity contribution in [3.8, 4) is 0 Å². The molecule has 1 fully saturated rings. The molecule has 1 aliphatic carbocycles. The summed E-state index contributed by atoms with van der Waals surface area (Å²) in [5.41, 5.74) is 0.00190. The van der Waals surface area contributed by atoms with Crippen molar-refractivity contribution in [2.45, 2.75) is 50.5 Å². The molecule has 0 bridgehead atoms. The van der Waals surface area contributed by atoms with Crippen molar-refractivity contribution in [1.82, 2.24) is 10.2 Å². The molecular weight excluding hydrogens is 268 g/mol. The van der Waals surface area contributed by atoms with Gasteiger partial charge in [0.25, 0.3) is 0 Å². The topological polar surface area (TPSA) is 50.8 Å². The van der Waals surface area contributed by atoms with E-state index in [4.69, 9.17) is 9.47 Å². The van der Waals surface area contributed by atoms with Gasteiger partial charge >= 0.3 is 0 Å². The van der Waals surface area contributed by atoms with Crippen molar-refractivity contribution >= 4 is 5.91 Å². The Labute approximate surface area is 129 Å². The molecule has 1 N–H and O–H groups in total. The lowest BCUT2D eigenvalue weighted by Gasteiger charge is -2.38. The van der Waals surface area contributed by atoms with E-state index in [0.717, 1.165) is 25.8 Å².